The van der Waals surface area contributed by atoms with Gasteiger partial charge in [0.05, 0.1) is 11.6 Å². The SMILES string of the molecule is COc1cc(Br)c2oc(C3=CCNCC3)cc2c1. The zero-order chi connectivity index (χ0) is 12.5. The van der Waals surface area contributed by atoms with E-state index in [-0.39, 0.29) is 0 Å². The number of methoxy groups -OCH3 is 1. The monoisotopic (exact) mass is 307 g/mol. The summed E-state index contributed by atoms with van der Waals surface area (Å²) in [7, 11) is 1.67. The van der Waals surface area contributed by atoms with Crippen molar-refractivity contribution in [2.24, 2.45) is 0 Å². The number of benzene rings is 1. The van der Waals surface area contributed by atoms with Crippen molar-refractivity contribution in [1.82, 2.24) is 5.32 Å². The summed E-state index contributed by atoms with van der Waals surface area (Å²) in [5.74, 6) is 1.79. The van der Waals surface area contributed by atoms with Crippen molar-refractivity contribution in [3.63, 3.8) is 0 Å². The van der Waals surface area contributed by atoms with E-state index in [4.69, 9.17) is 9.15 Å². The van der Waals surface area contributed by atoms with Crippen molar-refractivity contribution in [2.45, 2.75) is 6.42 Å². The van der Waals surface area contributed by atoms with Crippen molar-refractivity contribution < 1.29 is 9.15 Å². The lowest BCUT2D eigenvalue weighted by molar-refractivity contribution is 0.415. The molecule has 2 aromatic rings. The molecule has 0 unspecified atom stereocenters. The molecule has 0 saturated heterocycles. The van der Waals surface area contributed by atoms with E-state index in [0.717, 1.165) is 46.5 Å². The molecule has 0 amide bonds. The highest BCUT2D eigenvalue weighted by Gasteiger charge is 2.13. The molecule has 4 heteroatoms. The van der Waals surface area contributed by atoms with Gasteiger partial charge in [0, 0.05) is 11.9 Å². The Morgan fingerprint density at radius 2 is 2.22 bits per heavy atom. The summed E-state index contributed by atoms with van der Waals surface area (Å²) >= 11 is 3.52. The number of hydrogen-bond donors (Lipinski definition) is 1. The van der Waals surface area contributed by atoms with Crippen LogP contribution in [0.3, 0.4) is 0 Å². The molecule has 0 atom stereocenters. The molecule has 1 N–H and O–H groups in total. The predicted octanol–water partition coefficient (Wildman–Crippen LogP) is 3.58. The summed E-state index contributed by atoms with van der Waals surface area (Å²) in [6.07, 6.45) is 3.20. The molecule has 0 saturated carbocycles. The molecule has 94 valence electrons. The van der Waals surface area contributed by atoms with Crippen molar-refractivity contribution in [1.29, 1.82) is 0 Å². The minimum atomic E-state index is 0.834. The Labute approximate surface area is 114 Å². The van der Waals surface area contributed by atoms with E-state index in [2.05, 4.69) is 33.4 Å². The van der Waals surface area contributed by atoms with Gasteiger partial charge in [-0.25, -0.2) is 0 Å². The molecule has 0 fully saturated rings. The molecule has 1 aliphatic heterocycles. The fraction of sp³-hybridized carbons (Fsp3) is 0.286. The molecule has 3 rings (SSSR count). The van der Waals surface area contributed by atoms with Gasteiger partial charge in [-0.1, -0.05) is 6.08 Å². The van der Waals surface area contributed by atoms with Gasteiger partial charge in [0.1, 0.15) is 17.1 Å². The summed E-state index contributed by atoms with van der Waals surface area (Å²) in [6.45, 7) is 1.92. The van der Waals surface area contributed by atoms with Gasteiger partial charge >= 0.3 is 0 Å². The highest BCUT2D eigenvalue weighted by atomic mass is 79.9. The fourth-order valence-electron chi connectivity index (χ4n) is 2.21. The quantitative estimate of drug-likeness (QED) is 0.921. The van der Waals surface area contributed by atoms with Gasteiger partial charge in [-0.15, -0.1) is 0 Å². The van der Waals surface area contributed by atoms with E-state index in [1.807, 2.05) is 12.1 Å². The van der Waals surface area contributed by atoms with E-state index in [9.17, 15) is 0 Å². The van der Waals surface area contributed by atoms with Crippen molar-refractivity contribution >= 4 is 32.5 Å². The smallest absolute Gasteiger partial charge is 0.149 e. The highest BCUT2D eigenvalue weighted by Crippen LogP contribution is 2.34. The molecule has 2 heterocycles. The Bertz CT molecular complexity index is 616. The summed E-state index contributed by atoms with van der Waals surface area (Å²) < 4.78 is 12.1. The second-order valence-electron chi connectivity index (χ2n) is 4.32. The third kappa shape index (κ3) is 2.06. The van der Waals surface area contributed by atoms with Gasteiger partial charge in [-0.2, -0.15) is 0 Å². The number of rotatable bonds is 2. The van der Waals surface area contributed by atoms with Crippen LogP contribution in [0.4, 0.5) is 0 Å². The molecule has 0 spiro atoms. The molecule has 3 nitrogen and oxygen atoms in total. The number of nitrogens with one attached hydrogen (secondary N) is 1. The molecule has 1 aromatic carbocycles. The maximum Gasteiger partial charge on any atom is 0.149 e. The first-order valence-corrected chi connectivity index (χ1v) is 6.74. The average molecular weight is 308 g/mol. The van der Waals surface area contributed by atoms with Crippen LogP contribution in [0.1, 0.15) is 12.2 Å². The van der Waals surface area contributed by atoms with E-state index < -0.39 is 0 Å². The van der Waals surface area contributed by atoms with Crippen LogP contribution < -0.4 is 10.1 Å². The maximum absolute atomic E-state index is 5.94. The minimum absolute atomic E-state index is 0.834. The van der Waals surface area contributed by atoms with Crippen LogP contribution in [0.25, 0.3) is 16.5 Å². The second kappa shape index (κ2) is 4.78. The minimum Gasteiger partial charge on any atom is -0.497 e. The van der Waals surface area contributed by atoms with Crippen molar-refractivity contribution in [3.8, 4) is 5.75 Å². The number of fused-ring (bicyclic) bond motifs is 1. The second-order valence-corrected chi connectivity index (χ2v) is 5.18. The first-order valence-electron chi connectivity index (χ1n) is 5.95. The Morgan fingerprint density at radius 3 is 2.94 bits per heavy atom. The summed E-state index contributed by atoms with van der Waals surface area (Å²) in [6, 6.07) is 6.00. The lowest BCUT2D eigenvalue weighted by atomic mass is 10.1. The van der Waals surface area contributed by atoms with Crippen LogP contribution >= 0.6 is 15.9 Å². The van der Waals surface area contributed by atoms with Gasteiger partial charge in [0.25, 0.3) is 0 Å². The van der Waals surface area contributed by atoms with Crippen molar-refractivity contribution in [2.75, 3.05) is 20.2 Å². The third-order valence-corrected chi connectivity index (χ3v) is 3.75. The van der Waals surface area contributed by atoms with Gasteiger partial charge in [0.2, 0.25) is 0 Å². The lowest BCUT2D eigenvalue weighted by Crippen LogP contribution is -2.19. The van der Waals surface area contributed by atoms with E-state index in [0.29, 0.717) is 0 Å². The van der Waals surface area contributed by atoms with Crippen LogP contribution in [0.5, 0.6) is 5.75 Å². The molecule has 0 aliphatic carbocycles. The Kier molecular flexibility index (Phi) is 3.14. The number of hydrogen-bond acceptors (Lipinski definition) is 3. The van der Waals surface area contributed by atoms with Crippen LogP contribution in [-0.2, 0) is 0 Å². The standard InChI is InChI=1S/C14H14BrNO2/c1-17-11-6-10-7-13(9-2-4-16-5-3-9)18-14(10)12(15)8-11/h2,6-8,16H,3-5H2,1H3. The summed E-state index contributed by atoms with van der Waals surface area (Å²) in [5, 5.41) is 4.37. The maximum atomic E-state index is 5.94. The van der Waals surface area contributed by atoms with E-state index in [1.54, 1.807) is 7.11 Å². The zero-order valence-electron chi connectivity index (χ0n) is 10.1. The van der Waals surface area contributed by atoms with Crippen LogP contribution in [-0.4, -0.2) is 20.2 Å². The van der Waals surface area contributed by atoms with Crippen LogP contribution in [0.2, 0.25) is 0 Å². The Morgan fingerprint density at radius 1 is 1.33 bits per heavy atom. The lowest BCUT2D eigenvalue weighted by Gasteiger charge is -2.11. The molecular formula is C14H14BrNO2. The van der Waals surface area contributed by atoms with Crippen LogP contribution in [0, 0.1) is 0 Å². The normalized spacial score (nSPS) is 15.8. The number of halogens is 1. The van der Waals surface area contributed by atoms with E-state index in [1.165, 1.54) is 5.57 Å². The van der Waals surface area contributed by atoms with Crippen LogP contribution in [0.15, 0.2) is 33.2 Å². The number of furan rings is 1. The van der Waals surface area contributed by atoms with Gasteiger partial charge < -0.3 is 14.5 Å². The van der Waals surface area contributed by atoms with E-state index >= 15 is 0 Å². The molecule has 0 bridgehead atoms. The third-order valence-electron chi connectivity index (χ3n) is 3.16. The molecule has 1 aromatic heterocycles. The predicted molar refractivity (Wildman–Crippen MR) is 75.9 cm³/mol. The number of ether oxygens (including phenoxy) is 1. The average Bonchev–Trinajstić information content (AvgIpc) is 2.84. The highest BCUT2D eigenvalue weighted by molar-refractivity contribution is 9.10. The summed E-state index contributed by atoms with van der Waals surface area (Å²) in [5.41, 5.74) is 2.15. The zero-order valence-corrected chi connectivity index (χ0v) is 11.7. The fourth-order valence-corrected chi connectivity index (χ4v) is 2.74. The first-order chi connectivity index (χ1) is 8.78. The molecular weight excluding hydrogens is 294 g/mol. The van der Waals surface area contributed by atoms with Crippen molar-refractivity contribution in [3.05, 3.63) is 34.5 Å². The largest absolute Gasteiger partial charge is 0.497 e. The molecule has 1 aliphatic rings. The van der Waals surface area contributed by atoms with Gasteiger partial charge in [0.15, 0.2) is 0 Å². The summed E-state index contributed by atoms with van der Waals surface area (Å²) in [4.78, 5) is 0. The van der Waals surface area contributed by atoms with Gasteiger partial charge in [-0.05, 0) is 52.7 Å². The topological polar surface area (TPSA) is 34.4 Å². The van der Waals surface area contributed by atoms with Gasteiger partial charge in [-0.3, -0.25) is 0 Å². The molecule has 18 heavy (non-hydrogen) atoms. The first kappa shape index (κ1) is 11.8. The Hall–Kier alpha value is -1.26. The Balaban J connectivity index is 2.10. The molecule has 0 radical (unpaired) electrons.